The van der Waals surface area contributed by atoms with Crippen LogP contribution in [-0.2, 0) is 10.8 Å². The average molecular weight is 998 g/mol. The summed E-state index contributed by atoms with van der Waals surface area (Å²) in [5.74, 6) is 2.78. The van der Waals surface area contributed by atoms with E-state index in [9.17, 15) is 0 Å². The van der Waals surface area contributed by atoms with Gasteiger partial charge in [-0.2, -0.15) is 0 Å². The van der Waals surface area contributed by atoms with Crippen molar-refractivity contribution in [3.63, 3.8) is 0 Å². The van der Waals surface area contributed by atoms with Crippen molar-refractivity contribution < 1.29 is 13.9 Å². The Balaban J connectivity index is 0.851. The van der Waals surface area contributed by atoms with Gasteiger partial charge in [0, 0.05) is 50.4 Å². The number of ether oxygens (including phenoxy) is 2. The number of hydrogen-bond donors (Lipinski definition) is 0. The third-order valence-corrected chi connectivity index (χ3v) is 17.6. The van der Waals surface area contributed by atoms with E-state index in [2.05, 4.69) is 272 Å². The Morgan fingerprint density at radius 3 is 1.67 bits per heavy atom. The monoisotopic (exact) mass is 997 g/mol. The van der Waals surface area contributed by atoms with E-state index in [0.717, 1.165) is 84.1 Å². The van der Waals surface area contributed by atoms with Crippen molar-refractivity contribution >= 4 is 39.0 Å². The van der Waals surface area contributed by atoms with Gasteiger partial charge < -0.3 is 18.8 Å². The van der Waals surface area contributed by atoms with Gasteiger partial charge in [0.05, 0.1) is 10.8 Å². The van der Waals surface area contributed by atoms with Gasteiger partial charge in [-0.15, -0.1) is 0 Å². The Labute approximate surface area is 452 Å². The second-order valence-electron chi connectivity index (χ2n) is 21.3. The number of rotatable bonds is 5. The van der Waals surface area contributed by atoms with Gasteiger partial charge >= 0.3 is 0 Å². The number of furan rings is 1. The molecule has 11 aromatic carbocycles. The van der Waals surface area contributed by atoms with Crippen LogP contribution in [0.1, 0.15) is 38.9 Å². The molecule has 0 bridgehead atoms. The maximum absolute atomic E-state index is 6.79. The van der Waals surface area contributed by atoms with Gasteiger partial charge in [0.15, 0.2) is 0 Å². The van der Waals surface area contributed by atoms with Crippen molar-refractivity contribution in [2.75, 3.05) is 4.90 Å². The van der Waals surface area contributed by atoms with Gasteiger partial charge in [0.1, 0.15) is 34.5 Å². The zero-order valence-electron chi connectivity index (χ0n) is 42.3. The molecule has 0 saturated heterocycles. The molecule has 366 valence electrons. The molecule has 78 heavy (non-hydrogen) atoms. The molecule has 0 saturated carbocycles. The standard InChI is InChI=1S/C74H47NO3/c1-4-22-57-53(17-1)54-44-43-50(45-64(54)74(57)61-26-8-13-32-68(61)78-69-33-14-9-27-62(69)74)75(49-41-37-47(38-42-49)52-21-16-34-70-72(52)56-19-3-10-29-65(56)76-70)48-39-35-46(36-40-48)51-20-15-28-63-71(51)55-18-2-5-23-58(55)73(63)59-24-6-11-30-66(59)77-67-31-12-7-25-60(67)73/h1-45,59,66H. The predicted molar refractivity (Wildman–Crippen MR) is 315 cm³/mol. The largest absolute Gasteiger partial charge is 0.485 e. The quantitative estimate of drug-likeness (QED) is 0.172. The van der Waals surface area contributed by atoms with Crippen LogP contribution in [0.5, 0.6) is 17.2 Å². The number of allylic oxidation sites excluding steroid dienone is 2. The minimum Gasteiger partial charge on any atom is -0.485 e. The van der Waals surface area contributed by atoms with Gasteiger partial charge in [-0.25, -0.2) is 0 Å². The van der Waals surface area contributed by atoms with Crippen LogP contribution in [0, 0.1) is 5.92 Å². The molecular weight excluding hydrogens is 951 g/mol. The Bertz CT molecular complexity index is 4490. The fourth-order valence-electron chi connectivity index (χ4n) is 14.6. The lowest BCUT2D eigenvalue weighted by Gasteiger charge is -2.47. The van der Waals surface area contributed by atoms with E-state index in [-0.39, 0.29) is 12.0 Å². The fraction of sp³-hybridized carbons (Fsp3) is 0.0541. The molecule has 0 amide bonds. The summed E-state index contributed by atoms with van der Waals surface area (Å²) in [4.78, 5) is 2.43. The van der Waals surface area contributed by atoms with Crippen LogP contribution in [-0.4, -0.2) is 6.10 Å². The van der Waals surface area contributed by atoms with Crippen molar-refractivity contribution in [3.8, 4) is 61.8 Å². The number of fused-ring (bicyclic) bond motifs is 21. The van der Waals surface area contributed by atoms with Crippen LogP contribution in [0.2, 0.25) is 0 Å². The van der Waals surface area contributed by atoms with E-state index in [1.54, 1.807) is 0 Å². The van der Waals surface area contributed by atoms with Crippen molar-refractivity contribution in [2.24, 2.45) is 5.92 Å². The van der Waals surface area contributed by atoms with Gasteiger partial charge in [-0.1, -0.05) is 200 Å². The lowest BCUT2D eigenvalue weighted by molar-refractivity contribution is 0.141. The van der Waals surface area contributed by atoms with Gasteiger partial charge in [-0.05, 0) is 140 Å². The minimum absolute atomic E-state index is 0.0756. The smallest absolute Gasteiger partial charge is 0.136 e. The molecular formula is C74H47NO3. The van der Waals surface area contributed by atoms with E-state index >= 15 is 0 Å². The number of nitrogens with zero attached hydrogens (tertiary/aromatic N) is 1. The van der Waals surface area contributed by atoms with E-state index < -0.39 is 10.8 Å². The zero-order valence-corrected chi connectivity index (χ0v) is 42.3. The van der Waals surface area contributed by atoms with E-state index in [1.165, 1.54) is 55.6 Å². The minimum atomic E-state index is -0.616. The molecule has 0 N–H and O–H groups in total. The molecule has 0 radical (unpaired) electrons. The van der Waals surface area contributed by atoms with Crippen molar-refractivity contribution in [1.29, 1.82) is 0 Å². The highest BCUT2D eigenvalue weighted by molar-refractivity contribution is 6.12. The highest BCUT2D eigenvalue weighted by Gasteiger charge is 2.56. The van der Waals surface area contributed by atoms with Crippen LogP contribution < -0.4 is 14.4 Å². The molecule has 3 unspecified atom stereocenters. The van der Waals surface area contributed by atoms with Gasteiger partial charge in [0.25, 0.3) is 0 Å². The molecule has 3 aliphatic carbocycles. The third kappa shape index (κ3) is 5.78. The molecule has 3 atom stereocenters. The summed E-state index contributed by atoms with van der Waals surface area (Å²) in [6.45, 7) is 0. The Morgan fingerprint density at radius 2 is 0.897 bits per heavy atom. The second-order valence-corrected chi connectivity index (χ2v) is 21.3. The maximum atomic E-state index is 6.79. The molecule has 5 aliphatic rings. The first-order chi connectivity index (χ1) is 38.7. The molecule has 12 aromatic rings. The third-order valence-electron chi connectivity index (χ3n) is 17.6. The highest BCUT2D eigenvalue weighted by Crippen LogP contribution is 2.65. The second kappa shape index (κ2) is 16.3. The van der Waals surface area contributed by atoms with Crippen LogP contribution in [0.3, 0.4) is 0 Å². The molecule has 2 aliphatic heterocycles. The predicted octanol–water partition coefficient (Wildman–Crippen LogP) is 18.7. The molecule has 2 spiro atoms. The first-order valence-corrected chi connectivity index (χ1v) is 27.0. The topological polar surface area (TPSA) is 34.8 Å². The Hall–Kier alpha value is -9.90. The maximum Gasteiger partial charge on any atom is 0.136 e. The Morgan fingerprint density at radius 1 is 0.359 bits per heavy atom. The van der Waals surface area contributed by atoms with Crippen molar-refractivity contribution in [2.45, 2.75) is 16.9 Å². The summed E-state index contributed by atoms with van der Waals surface area (Å²) >= 11 is 0. The lowest BCUT2D eigenvalue weighted by atomic mass is 9.60. The molecule has 4 nitrogen and oxygen atoms in total. The molecule has 4 heteroatoms. The number of anilines is 3. The van der Waals surface area contributed by atoms with Gasteiger partial charge in [0.2, 0.25) is 0 Å². The summed E-state index contributed by atoms with van der Waals surface area (Å²) in [7, 11) is 0. The van der Waals surface area contributed by atoms with Crippen LogP contribution >= 0.6 is 0 Å². The summed E-state index contributed by atoms with van der Waals surface area (Å²) in [5.41, 5.74) is 22.2. The Kier molecular flexibility index (Phi) is 9.06. The highest BCUT2D eigenvalue weighted by atomic mass is 16.5. The number of para-hydroxylation sites is 4. The van der Waals surface area contributed by atoms with Crippen molar-refractivity contribution in [1.82, 2.24) is 0 Å². The molecule has 3 heterocycles. The van der Waals surface area contributed by atoms with Crippen LogP contribution in [0.25, 0.3) is 66.4 Å². The average Bonchev–Trinajstić information content (AvgIpc) is 3.35. The first-order valence-electron chi connectivity index (χ1n) is 27.0. The van der Waals surface area contributed by atoms with Crippen molar-refractivity contribution in [3.05, 3.63) is 312 Å². The normalized spacial score (nSPS) is 18.0. The summed E-state index contributed by atoms with van der Waals surface area (Å²) in [6.07, 6.45) is 8.84. The summed E-state index contributed by atoms with van der Waals surface area (Å²) < 4.78 is 19.9. The van der Waals surface area contributed by atoms with E-state index in [1.807, 2.05) is 6.07 Å². The fourth-order valence-corrected chi connectivity index (χ4v) is 14.6. The number of hydrogen-bond acceptors (Lipinski definition) is 4. The van der Waals surface area contributed by atoms with E-state index in [0.29, 0.717) is 0 Å². The van der Waals surface area contributed by atoms with E-state index in [4.69, 9.17) is 13.9 Å². The lowest BCUT2D eigenvalue weighted by Crippen LogP contribution is -2.47. The van der Waals surface area contributed by atoms with Crippen LogP contribution in [0.4, 0.5) is 17.1 Å². The molecule has 0 fully saturated rings. The summed E-state index contributed by atoms with van der Waals surface area (Å²) in [6, 6.07) is 91.0. The molecule has 1 aromatic heterocycles. The molecule has 17 rings (SSSR count). The van der Waals surface area contributed by atoms with Crippen LogP contribution in [0.15, 0.2) is 277 Å². The first kappa shape index (κ1) is 43.4. The zero-order chi connectivity index (χ0) is 51.1. The summed E-state index contributed by atoms with van der Waals surface area (Å²) in [5, 5.41) is 2.24. The SMILES string of the molecule is C1=CC2Oc3ccccc3C3(c4ccccc4-c4c(-c5ccc(N(c6ccc(-c7cccc8oc9ccccc9c78)cc6)c6ccc7c(c6)C6(c8ccccc8Oc8ccccc86)c6ccccc6-7)cc5)cccc43)C2C=C1. The van der Waals surface area contributed by atoms with Gasteiger partial charge in [-0.3, -0.25) is 0 Å². The number of benzene rings is 11.